The fraction of sp³-hybridized carbons (Fsp3) is 0.192. The average molecular weight is 382 g/mol. The summed E-state index contributed by atoms with van der Waals surface area (Å²) in [4.78, 5) is 7.12. The molecule has 0 fully saturated rings. The number of anilines is 2. The van der Waals surface area contributed by atoms with E-state index < -0.39 is 0 Å². The molecule has 1 aliphatic heterocycles. The van der Waals surface area contributed by atoms with Gasteiger partial charge in [0.15, 0.2) is 0 Å². The maximum atomic E-state index is 4.84. The summed E-state index contributed by atoms with van der Waals surface area (Å²) in [6.07, 6.45) is 4.34. The third kappa shape index (κ3) is 4.57. The maximum absolute atomic E-state index is 4.84. The van der Waals surface area contributed by atoms with Crippen LogP contribution in [0.15, 0.2) is 83.9 Å². The van der Waals surface area contributed by atoms with Gasteiger partial charge >= 0.3 is 0 Å². The van der Waals surface area contributed by atoms with E-state index in [4.69, 9.17) is 4.99 Å². The Hall–Kier alpha value is -3.33. The molecule has 0 saturated carbocycles. The number of fused-ring (bicyclic) bond motifs is 1. The van der Waals surface area contributed by atoms with Crippen molar-refractivity contribution in [1.29, 1.82) is 0 Å². The predicted octanol–water partition coefficient (Wildman–Crippen LogP) is 5.56. The van der Waals surface area contributed by atoms with Crippen LogP contribution < -0.4 is 10.2 Å². The zero-order valence-corrected chi connectivity index (χ0v) is 17.1. The molecule has 0 saturated heterocycles. The van der Waals surface area contributed by atoms with E-state index in [1.807, 2.05) is 6.07 Å². The second-order valence-electron chi connectivity index (χ2n) is 7.47. The second kappa shape index (κ2) is 8.78. The Kier molecular flexibility index (Phi) is 5.76. The van der Waals surface area contributed by atoms with Crippen LogP contribution >= 0.6 is 0 Å². The summed E-state index contributed by atoms with van der Waals surface area (Å²) in [6, 6.07) is 25.5. The van der Waals surface area contributed by atoms with E-state index in [9.17, 15) is 0 Å². The highest BCUT2D eigenvalue weighted by molar-refractivity contribution is 6.14. The van der Waals surface area contributed by atoms with Gasteiger partial charge in [-0.3, -0.25) is 4.99 Å². The number of likely N-dealkylation sites (N-methyl/N-ethyl adjacent to an activating group) is 1. The molecule has 3 aromatic carbocycles. The second-order valence-corrected chi connectivity index (χ2v) is 7.47. The van der Waals surface area contributed by atoms with E-state index in [-0.39, 0.29) is 0 Å². The molecule has 0 unspecified atom stereocenters. The van der Waals surface area contributed by atoms with Gasteiger partial charge in [0.05, 0.1) is 12.3 Å². The van der Waals surface area contributed by atoms with E-state index in [0.29, 0.717) is 0 Å². The van der Waals surface area contributed by atoms with Crippen LogP contribution in [0.2, 0.25) is 0 Å². The maximum Gasteiger partial charge on any atom is 0.0668 e. The first-order valence-electron chi connectivity index (χ1n) is 10.1. The number of para-hydroxylation sites is 1. The van der Waals surface area contributed by atoms with Gasteiger partial charge in [-0.05, 0) is 42.3 Å². The highest BCUT2D eigenvalue weighted by Gasteiger charge is 2.13. The topological polar surface area (TPSA) is 27.6 Å². The van der Waals surface area contributed by atoms with Gasteiger partial charge in [0, 0.05) is 37.1 Å². The lowest BCUT2D eigenvalue weighted by Gasteiger charge is -2.18. The van der Waals surface area contributed by atoms with Gasteiger partial charge in [0.1, 0.15) is 0 Å². The van der Waals surface area contributed by atoms with Crippen molar-refractivity contribution < 1.29 is 0 Å². The molecule has 1 heterocycles. The monoisotopic (exact) mass is 381 g/mol. The van der Waals surface area contributed by atoms with Crippen LogP contribution in [0.4, 0.5) is 11.4 Å². The van der Waals surface area contributed by atoms with Gasteiger partial charge in [0.2, 0.25) is 0 Å². The van der Waals surface area contributed by atoms with E-state index in [2.05, 4.69) is 103 Å². The smallest absolute Gasteiger partial charge is 0.0668 e. The summed E-state index contributed by atoms with van der Waals surface area (Å²) in [6.45, 7) is 4.67. The average Bonchev–Trinajstić information content (AvgIpc) is 2.91. The summed E-state index contributed by atoms with van der Waals surface area (Å²) in [7, 11) is 2.13. The Balaban J connectivity index is 1.60. The van der Waals surface area contributed by atoms with Crippen LogP contribution in [-0.2, 0) is 6.54 Å². The van der Waals surface area contributed by atoms with Gasteiger partial charge in [-0.15, -0.1) is 0 Å². The van der Waals surface area contributed by atoms with Crippen molar-refractivity contribution in [2.24, 2.45) is 4.99 Å². The molecule has 0 atom stereocenters. The minimum Gasteiger partial charge on any atom is -0.380 e. The normalized spacial score (nSPS) is 13.7. The SMILES string of the molecule is Cc1ccc(NCc2ccccc2)c(/C=C/C2=NCCN(C)c3ccccc32)c1. The third-order valence-corrected chi connectivity index (χ3v) is 5.26. The minimum absolute atomic E-state index is 0.803. The van der Waals surface area contributed by atoms with Crippen LogP contribution in [0.5, 0.6) is 0 Å². The van der Waals surface area contributed by atoms with Gasteiger partial charge in [0.25, 0.3) is 0 Å². The molecule has 0 spiro atoms. The minimum atomic E-state index is 0.803. The van der Waals surface area contributed by atoms with E-state index >= 15 is 0 Å². The van der Waals surface area contributed by atoms with E-state index in [1.165, 1.54) is 27.9 Å². The van der Waals surface area contributed by atoms with Crippen molar-refractivity contribution in [1.82, 2.24) is 0 Å². The van der Waals surface area contributed by atoms with Crippen LogP contribution in [0, 0.1) is 6.92 Å². The van der Waals surface area contributed by atoms with Gasteiger partial charge in [-0.25, -0.2) is 0 Å². The lowest BCUT2D eigenvalue weighted by Crippen LogP contribution is -2.20. The van der Waals surface area contributed by atoms with E-state index in [1.54, 1.807) is 0 Å². The standard InChI is InChI=1S/C26H27N3/c1-20-12-14-24(28-19-21-8-4-3-5-9-21)22(18-20)13-15-25-23-10-6-7-11-26(23)29(2)17-16-27-25/h3-15,18,28H,16-17,19H2,1-2H3/b15-13+. The quantitative estimate of drug-likeness (QED) is 0.627. The molecule has 0 aliphatic carbocycles. The molecule has 0 amide bonds. The number of hydrogen-bond acceptors (Lipinski definition) is 3. The molecular weight excluding hydrogens is 354 g/mol. The summed E-state index contributed by atoms with van der Waals surface area (Å²) in [5, 5.41) is 3.58. The summed E-state index contributed by atoms with van der Waals surface area (Å²) >= 11 is 0. The zero-order chi connectivity index (χ0) is 20.1. The van der Waals surface area contributed by atoms with Crippen molar-refractivity contribution in [3.63, 3.8) is 0 Å². The number of benzodiazepines with no additional fused rings is 1. The van der Waals surface area contributed by atoms with Crippen molar-refractivity contribution >= 4 is 23.2 Å². The van der Waals surface area contributed by atoms with Gasteiger partial charge in [-0.2, -0.15) is 0 Å². The van der Waals surface area contributed by atoms with Gasteiger partial charge in [-0.1, -0.05) is 66.2 Å². The van der Waals surface area contributed by atoms with Crippen LogP contribution in [0.25, 0.3) is 6.08 Å². The third-order valence-electron chi connectivity index (χ3n) is 5.26. The van der Waals surface area contributed by atoms with Crippen molar-refractivity contribution in [3.05, 3.63) is 101 Å². The van der Waals surface area contributed by atoms with Crippen LogP contribution in [0.3, 0.4) is 0 Å². The lowest BCUT2D eigenvalue weighted by molar-refractivity contribution is 0.897. The Bertz CT molecular complexity index is 1030. The van der Waals surface area contributed by atoms with Crippen molar-refractivity contribution in [2.45, 2.75) is 13.5 Å². The number of allylic oxidation sites excluding steroid dienone is 1. The molecule has 3 heteroatoms. The van der Waals surface area contributed by atoms with Crippen molar-refractivity contribution in [3.8, 4) is 0 Å². The summed E-state index contributed by atoms with van der Waals surface area (Å²) < 4.78 is 0. The number of rotatable bonds is 5. The van der Waals surface area contributed by atoms with Crippen LogP contribution in [0.1, 0.15) is 22.3 Å². The molecule has 4 rings (SSSR count). The van der Waals surface area contributed by atoms with Crippen LogP contribution in [-0.4, -0.2) is 25.8 Å². The number of hydrogen-bond donors (Lipinski definition) is 1. The molecule has 1 N–H and O–H groups in total. The first kappa shape index (κ1) is 19.0. The Morgan fingerprint density at radius 2 is 1.76 bits per heavy atom. The number of nitrogens with zero attached hydrogens (tertiary/aromatic N) is 2. The summed E-state index contributed by atoms with van der Waals surface area (Å²) in [5.74, 6) is 0. The Morgan fingerprint density at radius 3 is 2.62 bits per heavy atom. The fourth-order valence-corrected chi connectivity index (χ4v) is 3.63. The predicted molar refractivity (Wildman–Crippen MR) is 125 cm³/mol. The number of aryl methyl sites for hydroxylation is 1. The molecule has 146 valence electrons. The first-order valence-corrected chi connectivity index (χ1v) is 10.1. The molecule has 0 radical (unpaired) electrons. The Labute approximate surface area is 173 Å². The highest BCUT2D eigenvalue weighted by Crippen LogP contribution is 2.24. The highest BCUT2D eigenvalue weighted by atomic mass is 15.1. The zero-order valence-electron chi connectivity index (χ0n) is 17.1. The summed E-state index contributed by atoms with van der Waals surface area (Å²) in [5.41, 5.74) is 8.30. The Morgan fingerprint density at radius 1 is 0.966 bits per heavy atom. The molecule has 0 aromatic heterocycles. The largest absolute Gasteiger partial charge is 0.380 e. The van der Waals surface area contributed by atoms with E-state index in [0.717, 1.165) is 31.0 Å². The molecule has 3 aromatic rings. The number of benzene rings is 3. The molecular formula is C26H27N3. The molecule has 3 nitrogen and oxygen atoms in total. The molecule has 1 aliphatic rings. The molecule has 0 bridgehead atoms. The molecule has 29 heavy (non-hydrogen) atoms. The lowest BCUT2D eigenvalue weighted by atomic mass is 10.0. The number of nitrogens with one attached hydrogen (secondary N) is 1. The number of aliphatic imine (C=N–C) groups is 1. The van der Waals surface area contributed by atoms with Gasteiger partial charge < -0.3 is 10.2 Å². The fourth-order valence-electron chi connectivity index (χ4n) is 3.63. The first-order chi connectivity index (χ1) is 14.2. The van der Waals surface area contributed by atoms with Crippen molar-refractivity contribution in [2.75, 3.05) is 30.4 Å².